The maximum atomic E-state index is 11.0. The second kappa shape index (κ2) is 8.56. The van der Waals surface area contributed by atoms with Gasteiger partial charge in [-0.05, 0) is 84.3 Å². The minimum absolute atomic E-state index is 0.148. The van der Waals surface area contributed by atoms with Gasteiger partial charge >= 0.3 is 5.97 Å². The van der Waals surface area contributed by atoms with Crippen molar-refractivity contribution in [1.82, 2.24) is 0 Å². The van der Waals surface area contributed by atoms with Gasteiger partial charge in [-0.1, -0.05) is 18.2 Å². The van der Waals surface area contributed by atoms with E-state index < -0.39 is 5.97 Å². The zero-order valence-corrected chi connectivity index (χ0v) is 15.7. The lowest BCUT2D eigenvalue weighted by atomic mass is 9.94. The molecule has 0 radical (unpaired) electrons. The molecule has 0 heterocycles. The molecule has 0 saturated carbocycles. The van der Waals surface area contributed by atoms with Crippen molar-refractivity contribution in [1.29, 1.82) is 0 Å². The van der Waals surface area contributed by atoms with E-state index in [0.717, 1.165) is 22.3 Å². The number of rotatable bonds is 7. The van der Waals surface area contributed by atoms with Crippen LogP contribution in [0.15, 0.2) is 54.6 Å². The van der Waals surface area contributed by atoms with E-state index in [2.05, 4.69) is 0 Å². The van der Waals surface area contributed by atoms with Crippen molar-refractivity contribution in [3.8, 4) is 23.0 Å². The van der Waals surface area contributed by atoms with Gasteiger partial charge in [-0.15, -0.1) is 0 Å². The molecule has 3 rings (SSSR count). The molecule has 150 valence electrons. The molecule has 0 spiro atoms. The van der Waals surface area contributed by atoms with Gasteiger partial charge in [0.05, 0.1) is 0 Å². The van der Waals surface area contributed by atoms with Crippen LogP contribution in [0.5, 0.6) is 23.0 Å². The molecule has 0 atom stereocenters. The van der Waals surface area contributed by atoms with Crippen LogP contribution in [-0.2, 0) is 25.7 Å². The van der Waals surface area contributed by atoms with Crippen LogP contribution < -0.4 is 0 Å². The molecule has 3 aromatic rings. The van der Waals surface area contributed by atoms with Crippen LogP contribution in [0.1, 0.15) is 32.6 Å². The van der Waals surface area contributed by atoms with Gasteiger partial charge in [-0.2, -0.15) is 0 Å². The van der Waals surface area contributed by atoms with Crippen LogP contribution in [0.2, 0.25) is 0 Å². The van der Waals surface area contributed by atoms with E-state index in [1.165, 1.54) is 18.2 Å². The molecule has 0 aliphatic heterocycles. The zero-order valence-electron chi connectivity index (χ0n) is 15.7. The average Bonchev–Trinajstić information content (AvgIpc) is 2.68. The molecule has 0 aromatic heterocycles. The van der Waals surface area contributed by atoms with E-state index in [4.69, 9.17) is 5.11 Å². The van der Waals surface area contributed by atoms with Gasteiger partial charge in [0, 0.05) is 0 Å². The standard InChI is InChI=1S/C23H22O6/c24-18-8-3-14(4-9-18)1-6-16-12-21(26)22(27)13-17(16)7-2-15-5-10-19(23(28)29)20(25)11-15/h3-5,8-13,24-27H,1-2,6-7H2,(H,28,29). The average molecular weight is 394 g/mol. The van der Waals surface area contributed by atoms with Gasteiger partial charge in [-0.25, -0.2) is 4.79 Å². The van der Waals surface area contributed by atoms with Gasteiger partial charge in [0.25, 0.3) is 0 Å². The van der Waals surface area contributed by atoms with Crippen LogP contribution in [0.25, 0.3) is 0 Å². The summed E-state index contributed by atoms with van der Waals surface area (Å²) in [4.78, 5) is 11.0. The molecular weight excluding hydrogens is 372 g/mol. The van der Waals surface area contributed by atoms with Gasteiger partial charge in [0.15, 0.2) is 11.5 Å². The van der Waals surface area contributed by atoms with E-state index in [1.54, 1.807) is 24.3 Å². The van der Waals surface area contributed by atoms with Crippen LogP contribution in [0.3, 0.4) is 0 Å². The maximum absolute atomic E-state index is 11.0. The summed E-state index contributed by atoms with van der Waals surface area (Å²) in [5.74, 6) is -1.64. The van der Waals surface area contributed by atoms with Crippen LogP contribution in [-0.4, -0.2) is 31.5 Å². The van der Waals surface area contributed by atoms with Crippen molar-refractivity contribution in [2.75, 3.05) is 0 Å². The van der Waals surface area contributed by atoms with E-state index >= 15 is 0 Å². The summed E-state index contributed by atoms with van der Waals surface area (Å²) >= 11 is 0. The SMILES string of the molecule is O=C(O)c1ccc(CCc2cc(O)c(O)cc2CCc2ccc(O)cc2)cc1O. The first-order valence-corrected chi connectivity index (χ1v) is 9.20. The number of benzene rings is 3. The molecule has 0 fully saturated rings. The third kappa shape index (κ3) is 4.99. The first-order chi connectivity index (χ1) is 13.8. The summed E-state index contributed by atoms with van der Waals surface area (Å²) in [6, 6.07) is 14.5. The fraction of sp³-hybridized carbons (Fsp3) is 0.174. The monoisotopic (exact) mass is 394 g/mol. The van der Waals surface area contributed by atoms with Crippen molar-refractivity contribution in [2.45, 2.75) is 25.7 Å². The van der Waals surface area contributed by atoms with Crippen LogP contribution in [0, 0.1) is 0 Å². The summed E-state index contributed by atoms with van der Waals surface area (Å²) in [7, 11) is 0. The van der Waals surface area contributed by atoms with Crippen molar-refractivity contribution in [3.63, 3.8) is 0 Å². The van der Waals surface area contributed by atoms with Gasteiger partial charge in [0.1, 0.15) is 17.1 Å². The molecule has 3 aromatic carbocycles. The Balaban J connectivity index is 1.75. The third-order valence-corrected chi connectivity index (χ3v) is 4.89. The number of aryl methyl sites for hydroxylation is 4. The Hall–Kier alpha value is -3.67. The smallest absolute Gasteiger partial charge is 0.339 e. The fourth-order valence-electron chi connectivity index (χ4n) is 3.26. The Labute approximate surface area is 168 Å². The molecule has 6 heteroatoms. The Kier molecular flexibility index (Phi) is 5.93. The number of phenolic OH excluding ortho intramolecular Hbond substituents is 3. The number of hydrogen-bond acceptors (Lipinski definition) is 5. The Morgan fingerprint density at radius 1 is 0.621 bits per heavy atom. The lowest BCUT2D eigenvalue weighted by Gasteiger charge is -2.12. The van der Waals surface area contributed by atoms with E-state index in [9.17, 15) is 25.2 Å². The second-order valence-electron chi connectivity index (χ2n) is 6.93. The molecule has 6 nitrogen and oxygen atoms in total. The quantitative estimate of drug-likeness (QED) is 0.389. The van der Waals surface area contributed by atoms with Crippen molar-refractivity contribution in [2.24, 2.45) is 0 Å². The highest BCUT2D eigenvalue weighted by Crippen LogP contribution is 2.30. The lowest BCUT2D eigenvalue weighted by molar-refractivity contribution is 0.0693. The number of aromatic carboxylic acids is 1. The first kappa shape index (κ1) is 20.1. The number of aromatic hydroxyl groups is 4. The van der Waals surface area contributed by atoms with Crippen molar-refractivity contribution >= 4 is 5.97 Å². The molecule has 0 amide bonds. The predicted molar refractivity (Wildman–Crippen MR) is 108 cm³/mol. The summed E-state index contributed by atoms with van der Waals surface area (Å²) < 4.78 is 0. The minimum atomic E-state index is -1.19. The topological polar surface area (TPSA) is 118 Å². The highest BCUT2D eigenvalue weighted by Gasteiger charge is 2.12. The fourth-order valence-corrected chi connectivity index (χ4v) is 3.26. The molecule has 0 saturated heterocycles. The molecule has 5 N–H and O–H groups in total. The third-order valence-electron chi connectivity index (χ3n) is 4.89. The number of phenols is 4. The van der Waals surface area contributed by atoms with E-state index in [0.29, 0.717) is 25.7 Å². The lowest BCUT2D eigenvalue weighted by Crippen LogP contribution is -2.01. The summed E-state index contributed by atoms with van der Waals surface area (Å²) in [6.45, 7) is 0. The summed E-state index contributed by atoms with van der Waals surface area (Å²) in [5, 5.41) is 48.0. The zero-order chi connectivity index (χ0) is 21.0. The predicted octanol–water partition coefficient (Wildman–Crippen LogP) is 3.78. The largest absolute Gasteiger partial charge is 0.508 e. The normalized spacial score (nSPS) is 10.8. The highest BCUT2D eigenvalue weighted by atomic mass is 16.4. The number of carboxylic acid groups (broad SMARTS) is 1. The molecular formula is C23H22O6. The Morgan fingerprint density at radius 2 is 1.14 bits per heavy atom. The van der Waals surface area contributed by atoms with Gasteiger partial charge in [-0.3, -0.25) is 0 Å². The van der Waals surface area contributed by atoms with Crippen molar-refractivity contribution in [3.05, 3.63) is 82.4 Å². The number of hydrogen-bond donors (Lipinski definition) is 5. The van der Waals surface area contributed by atoms with Crippen molar-refractivity contribution < 1.29 is 30.3 Å². The van der Waals surface area contributed by atoms with E-state index in [-0.39, 0.29) is 28.6 Å². The summed E-state index contributed by atoms with van der Waals surface area (Å²) in [6.07, 6.45) is 2.41. The second-order valence-corrected chi connectivity index (χ2v) is 6.93. The van der Waals surface area contributed by atoms with E-state index in [1.807, 2.05) is 12.1 Å². The first-order valence-electron chi connectivity index (χ1n) is 9.20. The molecule has 0 aliphatic carbocycles. The van der Waals surface area contributed by atoms with Crippen LogP contribution in [0.4, 0.5) is 0 Å². The maximum Gasteiger partial charge on any atom is 0.339 e. The Morgan fingerprint density at radius 3 is 1.66 bits per heavy atom. The van der Waals surface area contributed by atoms with Gasteiger partial charge < -0.3 is 25.5 Å². The molecule has 29 heavy (non-hydrogen) atoms. The summed E-state index contributed by atoms with van der Waals surface area (Å²) in [5.41, 5.74) is 3.41. The Bertz CT molecular complexity index is 1020. The molecule has 0 unspecified atom stereocenters. The molecule has 0 bridgehead atoms. The molecule has 0 aliphatic rings. The number of carboxylic acids is 1. The minimum Gasteiger partial charge on any atom is -0.508 e. The van der Waals surface area contributed by atoms with Crippen LogP contribution >= 0.6 is 0 Å². The van der Waals surface area contributed by atoms with Gasteiger partial charge in [0.2, 0.25) is 0 Å². The number of carbonyl (C=O) groups is 1. The highest BCUT2D eigenvalue weighted by molar-refractivity contribution is 5.90.